The molecule has 72 valence electrons. The zero-order valence-electron chi connectivity index (χ0n) is 7.67. The standard InChI is InChI=1S/C8H16O4/c1-3-10-5-6-12-8(9)7-11-4-2/h3-7H2,1-2H3. The van der Waals surface area contributed by atoms with Gasteiger partial charge in [-0.15, -0.1) is 0 Å². The number of hydrogen-bond donors (Lipinski definition) is 0. The number of hydrogen-bond acceptors (Lipinski definition) is 4. The fraction of sp³-hybridized carbons (Fsp3) is 0.875. The van der Waals surface area contributed by atoms with Crippen LogP contribution in [-0.4, -0.2) is 39.0 Å². The molecule has 0 bridgehead atoms. The predicted molar refractivity (Wildman–Crippen MR) is 43.9 cm³/mol. The molecule has 0 N–H and O–H groups in total. The van der Waals surface area contributed by atoms with E-state index in [0.29, 0.717) is 26.4 Å². The van der Waals surface area contributed by atoms with Crippen molar-refractivity contribution in [3.05, 3.63) is 0 Å². The van der Waals surface area contributed by atoms with Gasteiger partial charge in [0, 0.05) is 13.2 Å². The molecule has 4 heteroatoms. The van der Waals surface area contributed by atoms with Gasteiger partial charge in [-0.1, -0.05) is 0 Å². The number of carbonyl (C=O) groups excluding carboxylic acids is 1. The molecule has 4 nitrogen and oxygen atoms in total. The summed E-state index contributed by atoms with van der Waals surface area (Å²) in [6, 6.07) is 0. The average molecular weight is 176 g/mol. The Morgan fingerprint density at radius 1 is 1.08 bits per heavy atom. The molecule has 0 aliphatic rings. The molecule has 0 saturated carbocycles. The van der Waals surface area contributed by atoms with Crippen molar-refractivity contribution in [3.8, 4) is 0 Å². The molecule has 0 aromatic rings. The maximum Gasteiger partial charge on any atom is 0.332 e. The van der Waals surface area contributed by atoms with E-state index in [1.807, 2.05) is 13.8 Å². The molecule has 0 saturated heterocycles. The lowest BCUT2D eigenvalue weighted by Crippen LogP contribution is -2.15. The van der Waals surface area contributed by atoms with Gasteiger partial charge in [-0.3, -0.25) is 0 Å². The molecule has 0 atom stereocenters. The molecule has 0 radical (unpaired) electrons. The number of esters is 1. The average Bonchev–Trinajstić information content (AvgIpc) is 2.09. The molecule has 0 unspecified atom stereocenters. The van der Waals surface area contributed by atoms with Gasteiger partial charge in [-0.2, -0.15) is 0 Å². The Bertz CT molecular complexity index is 114. The van der Waals surface area contributed by atoms with Gasteiger partial charge < -0.3 is 14.2 Å². The summed E-state index contributed by atoms with van der Waals surface area (Å²) in [6.07, 6.45) is 0. The normalized spacial score (nSPS) is 9.83. The Labute approximate surface area is 72.8 Å². The van der Waals surface area contributed by atoms with E-state index in [1.165, 1.54) is 0 Å². The van der Waals surface area contributed by atoms with Crippen LogP contribution in [0, 0.1) is 0 Å². The van der Waals surface area contributed by atoms with Crippen LogP contribution in [-0.2, 0) is 19.0 Å². The van der Waals surface area contributed by atoms with Crippen molar-refractivity contribution in [3.63, 3.8) is 0 Å². The summed E-state index contributed by atoms with van der Waals surface area (Å²) < 4.78 is 14.6. The predicted octanol–water partition coefficient (Wildman–Crippen LogP) is 0.603. The second kappa shape index (κ2) is 8.49. The molecular formula is C8H16O4. The van der Waals surface area contributed by atoms with E-state index in [4.69, 9.17) is 14.2 Å². The molecule has 0 amide bonds. The maximum absolute atomic E-state index is 10.8. The van der Waals surface area contributed by atoms with Crippen LogP contribution in [0.15, 0.2) is 0 Å². The maximum atomic E-state index is 10.8. The minimum atomic E-state index is -0.337. The van der Waals surface area contributed by atoms with E-state index in [9.17, 15) is 4.79 Å². The number of carbonyl (C=O) groups is 1. The fourth-order valence-electron chi connectivity index (χ4n) is 0.586. The Kier molecular flexibility index (Phi) is 8.05. The highest BCUT2D eigenvalue weighted by atomic mass is 16.6. The van der Waals surface area contributed by atoms with E-state index in [-0.39, 0.29) is 12.6 Å². The van der Waals surface area contributed by atoms with Crippen molar-refractivity contribution in [2.45, 2.75) is 13.8 Å². The lowest BCUT2D eigenvalue weighted by Gasteiger charge is -2.04. The summed E-state index contributed by atoms with van der Waals surface area (Å²) in [6.45, 7) is 5.68. The van der Waals surface area contributed by atoms with Crippen LogP contribution in [0.5, 0.6) is 0 Å². The van der Waals surface area contributed by atoms with Crippen molar-refractivity contribution in [2.75, 3.05) is 33.0 Å². The van der Waals surface area contributed by atoms with Gasteiger partial charge in [0.2, 0.25) is 0 Å². The van der Waals surface area contributed by atoms with Crippen molar-refractivity contribution < 1.29 is 19.0 Å². The highest BCUT2D eigenvalue weighted by Crippen LogP contribution is 1.82. The molecule has 0 aromatic heterocycles. The van der Waals surface area contributed by atoms with Gasteiger partial charge in [0.05, 0.1) is 6.61 Å². The van der Waals surface area contributed by atoms with E-state index in [2.05, 4.69) is 0 Å². The van der Waals surface area contributed by atoms with Crippen molar-refractivity contribution in [2.24, 2.45) is 0 Å². The first-order chi connectivity index (χ1) is 5.81. The molecule has 0 rings (SSSR count). The monoisotopic (exact) mass is 176 g/mol. The van der Waals surface area contributed by atoms with Crippen LogP contribution >= 0.6 is 0 Å². The van der Waals surface area contributed by atoms with Gasteiger partial charge in [0.15, 0.2) is 0 Å². The van der Waals surface area contributed by atoms with Crippen LogP contribution in [0.1, 0.15) is 13.8 Å². The van der Waals surface area contributed by atoms with E-state index >= 15 is 0 Å². The van der Waals surface area contributed by atoms with Crippen molar-refractivity contribution >= 4 is 5.97 Å². The van der Waals surface area contributed by atoms with Crippen LogP contribution in [0.3, 0.4) is 0 Å². The third-order valence-electron chi connectivity index (χ3n) is 1.12. The van der Waals surface area contributed by atoms with Crippen LogP contribution in [0.25, 0.3) is 0 Å². The summed E-state index contributed by atoms with van der Waals surface area (Å²) in [7, 11) is 0. The fourth-order valence-corrected chi connectivity index (χ4v) is 0.586. The lowest BCUT2D eigenvalue weighted by molar-refractivity contribution is -0.150. The first kappa shape index (κ1) is 11.4. The molecule has 0 aliphatic carbocycles. The minimum absolute atomic E-state index is 0.0304. The second-order valence-corrected chi connectivity index (χ2v) is 2.05. The van der Waals surface area contributed by atoms with Crippen LogP contribution in [0.4, 0.5) is 0 Å². The molecular weight excluding hydrogens is 160 g/mol. The number of rotatable bonds is 7. The third kappa shape index (κ3) is 7.50. The Morgan fingerprint density at radius 2 is 1.75 bits per heavy atom. The summed E-state index contributed by atoms with van der Waals surface area (Å²) in [5, 5.41) is 0. The van der Waals surface area contributed by atoms with Crippen molar-refractivity contribution in [1.82, 2.24) is 0 Å². The summed E-state index contributed by atoms with van der Waals surface area (Å²) in [5.74, 6) is -0.337. The Hall–Kier alpha value is -0.610. The van der Waals surface area contributed by atoms with Gasteiger partial charge in [0.25, 0.3) is 0 Å². The zero-order chi connectivity index (χ0) is 9.23. The van der Waals surface area contributed by atoms with Crippen molar-refractivity contribution in [1.29, 1.82) is 0 Å². The van der Waals surface area contributed by atoms with E-state index < -0.39 is 0 Å². The van der Waals surface area contributed by atoms with Crippen LogP contribution in [0.2, 0.25) is 0 Å². The SMILES string of the molecule is CCOCCOC(=O)COCC. The van der Waals surface area contributed by atoms with Gasteiger partial charge in [0.1, 0.15) is 13.2 Å². The number of ether oxygens (including phenoxy) is 3. The molecule has 12 heavy (non-hydrogen) atoms. The van der Waals surface area contributed by atoms with E-state index in [1.54, 1.807) is 0 Å². The highest BCUT2D eigenvalue weighted by Gasteiger charge is 2.00. The topological polar surface area (TPSA) is 44.8 Å². The third-order valence-corrected chi connectivity index (χ3v) is 1.12. The summed E-state index contributed by atoms with van der Waals surface area (Å²) >= 11 is 0. The van der Waals surface area contributed by atoms with Crippen LogP contribution < -0.4 is 0 Å². The molecule has 0 fully saturated rings. The lowest BCUT2D eigenvalue weighted by atomic mass is 10.7. The summed E-state index contributed by atoms with van der Waals surface area (Å²) in [4.78, 5) is 10.8. The first-order valence-corrected chi connectivity index (χ1v) is 4.12. The largest absolute Gasteiger partial charge is 0.462 e. The van der Waals surface area contributed by atoms with Gasteiger partial charge >= 0.3 is 5.97 Å². The summed E-state index contributed by atoms with van der Waals surface area (Å²) in [5.41, 5.74) is 0. The van der Waals surface area contributed by atoms with Gasteiger partial charge in [-0.05, 0) is 13.8 Å². The molecule has 0 aliphatic heterocycles. The smallest absolute Gasteiger partial charge is 0.332 e. The van der Waals surface area contributed by atoms with Gasteiger partial charge in [-0.25, -0.2) is 4.79 Å². The first-order valence-electron chi connectivity index (χ1n) is 4.12. The molecule has 0 heterocycles. The van der Waals surface area contributed by atoms with E-state index in [0.717, 1.165) is 0 Å². The molecule has 0 aromatic carbocycles. The quantitative estimate of drug-likeness (QED) is 0.421. The Balaban J connectivity index is 3.08. The second-order valence-electron chi connectivity index (χ2n) is 2.05. The molecule has 0 spiro atoms. The minimum Gasteiger partial charge on any atom is -0.462 e. The zero-order valence-corrected chi connectivity index (χ0v) is 7.67. The highest BCUT2D eigenvalue weighted by molar-refractivity contribution is 5.70. The Morgan fingerprint density at radius 3 is 2.33 bits per heavy atom.